The lowest BCUT2D eigenvalue weighted by atomic mass is 10.1. The summed E-state index contributed by atoms with van der Waals surface area (Å²) in [5.74, 6) is 0.0372. The second-order valence-electron chi connectivity index (χ2n) is 5.49. The Morgan fingerprint density at radius 3 is 2.42 bits per heavy atom. The first-order valence-electron chi connectivity index (χ1n) is 7.22. The highest BCUT2D eigenvalue weighted by Gasteiger charge is 2.16. The van der Waals surface area contributed by atoms with Crippen LogP contribution in [0.5, 0.6) is 5.75 Å². The summed E-state index contributed by atoms with van der Waals surface area (Å²) in [7, 11) is 0. The maximum atomic E-state index is 12.0. The van der Waals surface area contributed by atoms with E-state index in [4.69, 9.17) is 16.3 Å². The van der Waals surface area contributed by atoms with Crippen LogP contribution in [-0.4, -0.2) is 17.4 Å². The van der Waals surface area contributed by atoms with Crippen LogP contribution >= 0.6 is 11.6 Å². The van der Waals surface area contributed by atoms with Crippen molar-refractivity contribution in [1.82, 2.24) is 0 Å². The average molecular weight is 349 g/mol. The highest BCUT2D eigenvalue weighted by molar-refractivity contribution is 6.32. The van der Waals surface area contributed by atoms with Gasteiger partial charge in [-0.15, -0.1) is 0 Å². The van der Waals surface area contributed by atoms with Gasteiger partial charge in [-0.2, -0.15) is 0 Å². The zero-order valence-electron chi connectivity index (χ0n) is 13.6. The lowest BCUT2D eigenvalue weighted by molar-refractivity contribution is -0.384. The molecule has 0 spiro atoms. The molecule has 2 rings (SSSR count). The van der Waals surface area contributed by atoms with Crippen LogP contribution < -0.4 is 10.1 Å². The minimum absolute atomic E-state index is 0.141. The molecule has 24 heavy (non-hydrogen) atoms. The molecule has 7 heteroatoms. The number of nitro groups is 1. The van der Waals surface area contributed by atoms with Gasteiger partial charge in [0.15, 0.2) is 6.61 Å². The predicted molar refractivity (Wildman–Crippen MR) is 92.9 cm³/mol. The van der Waals surface area contributed by atoms with E-state index in [1.54, 1.807) is 25.1 Å². The number of benzene rings is 2. The van der Waals surface area contributed by atoms with Gasteiger partial charge >= 0.3 is 0 Å². The largest absolute Gasteiger partial charge is 0.484 e. The van der Waals surface area contributed by atoms with Gasteiger partial charge in [-0.25, -0.2) is 0 Å². The summed E-state index contributed by atoms with van der Waals surface area (Å²) in [5.41, 5.74) is 2.43. The van der Waals surface area contributed by atoms with Crippen molar-refractivity contribution in [3.63, 3.8) is 0 Å². The highest BCUT2D eigenvalue weighted by atomic mass is 35.5. The first-order valence-corrected chi connectivity index (χ1v) is 7.60. The van der Waals surface area contributed by atoms with Gasteiger partial charge in [0, 0.05) is 11.1 Å². The average Bonchev–Trinajstić information content (AvgIpc) is 2.52. The van der Waals surface area contributed by atoms with E-state index in [1.165, 1.54) is 12.1 Å². The summed E-state index contributed by atoms with van der Waals surface area (Å²) in [6.45, 7) is 5.17. The van der Waals surface area contributed by atoms with Gasteiger partial charge in [-0.05, 0) is 55.7 Å². The molecular formula is C17H17ClN2O4. The highest BCUT2D eigenvalue weighted by Crippen LogP contribution is 2.27. The van der Waals surface area contributed by atoms with Crippen LogP contribution in [0.3, 0.4) is 0 Å². The number of hydrogen-bond donors (Lipinski definition) is 1. The molecule has 2 aromatic carbocycles. The smallest absolute Gasteiger partial charge is 0.293 e. The maximum Gasteiger partial charge on any atom is 0.293 e. The molecule has 0 saturated carbocycles. The van der Waals surface area contributed by atoms with Gasteiger partial charge in [0.2, 0.25) is 0 Å². The van der Waals surface area contributed by atoms with E-state index in [-0.39, 0.29) is 18.0 Å². The Morgan fingerprint density at radius 2 is 1.83 bits per heavy atom. The summed E-state index contributed by atoms with van der Waals surface area (Å²) in [6, 6.07) is 8.06. The molecule has 1 N–H and O–H groups in total. The first kappa shape index (κ1) is 17.7. The number of carbonyl (C=O) groups excluding carboxylic acids is 1. The van der Waals surface area contributed by atoms with E-state index in [1.807, 2.05) is 13.8 Å². The minimum Gasteiger partial charge on any atom is -0.484 e. The van der Waals surface area contributed by atoms with E-state index < -0.39 is 10.8 Å². The number of nitro benzene ring substituents is 1. The Bertz CT molecular complexity index is 782. The van der Waals surface area contributed by atoms with Crippen molar-refractivity contribution in [3.8, 4) is 5.75 Å². The number of nitrogens with zero attached hydrogens (tertiary/aromatic N) is 1. The fraction of sp³-hybridized carbons (Fsp3) is 0.235. The minimum atomic E-state index is -0.532. The van der Waals surface area contributed by atoms with Crippen molar-refractivity contribution in [2.45, 2.75) is 20.8 Å². The van der Waals surface area contributed by atoms with Gasteiger partial charge in [0.05, 0.1) is 4.92 Å². The molecule has 0 aromatic heterocycles. The van der Waals surface area contributed by atoms with Gasteiger partial charge in [-0.3, -0.25) is 14.9 Å². The maximum absolute atomic E-state index is 12.0. The van der Waals surface area contributed by atoms with E-state index in [9.17, 15) is 14.9 Å². The lowest BCUT2D eigenvalue weighted by Gasteiger charge is -2.10. The Labute approximate surface area is 144 Å². The lowest BCUT2D eigenvalue weighted by Crippen LogP contribution is -2.20. The van der Waals surface area contributed by atoms with Crippen LogP contribution in [0, 0.1) is 30.9 Å². The fourth-order valence-corrected chi connectivity index (χ4v) is 2.33. The van der Waals surface area contributed by atoms with Gasteiger partial charge < -0.3 is 10.1 Å². The van der Waals surface area contributed by atoms with Crippen LogP contribution in [0.2, 0.25) is 5.02 Å². The molecule has 0 unspecified atom stereocenters. The van der Waals surface area contributed by atoms with E-state index in [0.717, 1.165) is 16.7 Å². The van der Waals surface area contributed by atoms with Crippen LogP contribution in [0.15, 0.2) is 30.3 Å². The molecule has 6 nitrogen and oxygen atoms in total. The van der Waals surface area contributed by atoms with Crippen LogP contribution in [0.1, 0.15) is 16.7 Å². The number of aryl methyl sites for hydroxylation is 3. The zero-order valence-corrected chi connectivity index (χ0v) is 14.3. The molecule has 0 aliphatic heterocycles. The van der Waals surface area contributed by atoms with Crippen molar-refractivity contribution in [3.05, 3.63) is 62.2 Å². The Balaban J connectivity index is 2.06. The molecule has 0 bridgehead atoms. The quantitative estimate of drug-likeness (QED) is 0.648. The molecule has 0 atom stereocenters. The predicted octanol–water partition coefficient (Wildman–Crippen LogP) is 4.19. The van der Waals surface area contributed by atoms with Gasteiger partial charge in [0.1, 0.15) is 11.4 Å². The Morgan fingerprint density at radius 1 is 1.21 bits per heavy atom. The van der Waals surface area contributed by atoms with Crippen molar-refractivity contribution >= 4 is 28.9 Å². The number of hydrogen-bond acceptors (Lipinski definition) is 4. The van der Waals surface area contributed by atoms with Gasteiger partial charge in [-0.1, -0.05) is 17.7 Å². The van der Waals surface area contributed by atoms with Crippen LogP contribution in [0.4, 0.5) is 11.4 Å². The number of anilines is 1. The molecular weight excluding hydrogens is 332 g/mol. The Hall–Kier alpha value is -2.60. The SMILES string of the molecule is Cc1ccc(NC(=O)COc2cc(C)c(Cl)c(C)c2)c([N+](=O)[O-])c1. The third-order valence-electron chi connectivity index (χ3n) is 3.40. The van der Waals surface area contributed by atoms with Crippen molar-refractivity contribution in [2.24, 2.45) is 0 Å². The van der Waals surface area contributed by atoms with Crippen molar-refractivity contribution in [2.75, 3.05) is 11.9 Å². The summed E-state index contributed by atoms with van der Waals surface area (Å²) >= 11 is 6.08. The molecule has 126 valence electrons. The Kier molecular flexibility index (Phi) is 5.41. The molecule has 0 aliphatic carbocycles. The van der Waals surface area contributed by atoms with Crippen molar-refractivity contribution < 1.29 is 14.5 Å². The molecule has 0 radical (unpaired) electrons. The third kappa shape index (κ3) is 4.23. The second kappa shape index (κ2) is 7.31. The second-order valence-corrected chi connectivity index (χ2v) is 5.86. The van der Waals surface area contributed by atoms with Crippen LogP contribution in [-0.2, 0) is 4.79 Å². The summed E-state index contributed by atoms with van der Waals surface area (Å²) in [4.78, 5) is 22.5. The summed E-state index contributed by atoms with van der Waals surface area (Å²) in [6.07, 6.45) is 0. The molecule has 0 fully saturated rings. The molecule has 1 amide bonds. The zero-order chi connectivity index (χ0) is 17.9. The van der Waals surface area contributed by atoms with E-state index in [2.05, 4.69) is 5.32 Å². The van der Waals surface area contributed by atoms with Crippen LogP contribution in [0.25, 0.3) is 0 Å². The number of ether oxygens (including phenoxy) is 1. The molecule has 2 aromatic rings. The standard InChI is InChI=1S/C17H17ClN2O4/c1-10-4-5-14(15(6-10)20(22)23)19-16(21)9-24-13-7-11(2)17(18)12(3)8-13/h4-8H,9H2,1-3H3,(H,19,21). The molecule has 0 aliphatic rings. The molecule has 0 heterocycles. The summed E-state index contributed by atoms with van der Waals surface area (Å²) < 4.78 is 5.44. The van der Waals surface area contributed by atoms with Crippen molar-refractivity contribution in [1.29, 1.82) is 0 Å². The topological polar surface area (TPSA) is 81.5 Å². The number of halogens is 1. The third-order valence-corrected chi connectivity index (χ3v) is 4.00. The number of rotatable bonds is 5. The fourth-order valence-electron chi connectivity index (χ4n) is 2.22. The normalized spacial score (nSPS) is 10.3. The number of amides is 1. The number of nitrogens with one attached hydrogen (secondary N) is 1. The van der Waals surface area contributed by atoms with Gasteiger partial charge in [0.25, 0.3) is 11.6 Å². The first-order chi connectivity index (χ1) is 11.3. The molecule has 0 saturated heterocycles. The van der Waals surface area contributed by atoms with E-state index >= 15 is 0 Å². The number of carbonyl (C=O) groups is 1. The monoisotopic (exact) mass is 348 g/mol. The summed E-state index contributed by atoms with van der Waals surface area (Å²) in [5, 5.41) is 14.2. The van der Waals surface area contributed by atoms with E-state index in [0.29, 0.717) is 10.8 Å².